The van der Waals surface area contributed by atoms with Gasteiger partial charge in [-0.1, -0.05) is 30.3 Å². The number of H-pyrrole nitrogens is 1. The number of amides is 1. The number of aromatic amines is 1. The van der Waals surface area contributed by atoms with Crippen molar-refractivity contribution >= 4 is 5.91 Å². The van der Waals surface area contributed by atoms with E-state index in [1.165, 1.54) is 0 Å². The molecule has 1 unspecified atom stereocenters. The Bertz CT molecular complexity index is 621. The number of nitrogens with zero attached hydrogens (tertiary/aromatic N) is 1. The zero-order chi connectivity index (χ0) is 13.5. The van der Waals surface area contributed by atoms with Gasteiger partial charge in [0.1, 0.15) is 0 Å². The lowest BCUT2D eigenvalue weighted by molar-refractivity contribution is -0.0605. The highest BCUT2D eigenvalue weighted by molar-refractivity contribution is 5.92. The van der Waals surface area contributed by atoms with E-state index in [4.69, 9.17) is 10.5 Å². The van der Waals surface area contributed by atoms with E-state index in [9.17, 15) is 4.79 Å². The van der Waals surface area contributed by atoms with Gasteiger partial charge in [-0.3, -0.25) is 9.89 Å². The third-order valence-corrected chi connectivity index (χ3v) is 3.62. The standard InChI is InChI=1S/C14H15N3O2/c1-14(9-5-3-2-4-6-9)7-10-11(8-19-14)16-17-12(10)13(15)18/h2-6H,7-8H2,1H3,(H2,15,18)(H,16,17). The zero-order valence-electron chi connectivity index (χ0n) is 10.6. The third kappa shape index (κ3) is 1.92. The Morgan fingerprint density at radius 1 is 1.42 bits per heavy atom. The normalized spacial score (nSPS) is 21.9. The van der Waals surface area contributed by atoms with Crippen LogP contribution >= 0.6 is 0 Å². The fraction of sp³-hybridized carbons (Fsp3) is 0.286. The highest BCUT2D eigenvalue weighted by Gasteiger charge is 2.36. The average molecular weight is 257 g/mol. The number of carbonyl (C=O) groups excluding carboxylic acids is 1. The molecule has 3 rings (SSSR count). The van der Waals surface area contributed by atoms with Gasteiger partial charge in [-0.05, 0) is 12.5 Å². The van der Waals surface area contributed by atoms with Crippen LogP contribution in [-0.4, -0.2) is 16.1 Å². The number of nitrogens with two attached hydrogens (primary N) is 1. The van der Waals surface area contributed by atoms with Crippen molar-refractivity contribution in [3.8, 4) is 0 Å². The molecule has 1 aromatic carbocycles. The van der Waals surface area contributed by atoms with E-state index in [1.54, 1.807) is 0 Å². The number of fused-ring (bicyclic) bond motifs is 1. The topological polar surface area (TPSA) is 81.0 Å². The van der Waals surface area contributed by atoms with Crippen molar-refractivity contribution in [1.82, 2.24) is 10.2 Å². The SMILES string of the molecule is CC1(c2ccccc2)Cc2c(C(N)=O)n[nH]c2CO1. The van der Waals surface area contributed by atoms with Crippen LogP contribution in [-0.2, 0) is 23.4 Å². The lowest BCUT2D eigenvalue weighted by atomic mass is 9.86. The van der Waals surface area contributed by atoms with Gasteiger partial charge in [-0.25, -0.2) is 0 Å². The quantitative estimate of drug-likeness (QED) is 0.855. The number of carbonyl (C=O) groups is 1. The van der Waals surface area contributed by atoms with Crippen molar-refractivity contribution < 1.29 is 9.53 Å². The number of hydrogen-bond acceptors (Lipinski definition) is 3. The number of aromatic nitrogens is 2. The molecular weight excluding hydrogens is 242 g/mol. The van der Waals surface area contributed by atoms with Crippen LogP contribution in [0.1, 0.15) is 34.2 Å². The molecule has 19 heavy (non-hydrogen) atoms. The summed E-state index contributed by atoms with van der Waals surface area (Å²) in [6.07, 6.45) is 0.584. The molecule has 0 spiro atoms. The van der Waals surface area contributed by atoms with E-state index in [0.29, 0.717) is 18.7 Å². The van der Waals surface area contributed by atoms with E-state index in [1.807, 2.05) is 37.3 Å². The maximum atomic E-state index is 11.4. The van der Waals surface area contributed by atoms with E-state index < -0.39 is 11.5 Å². The highest BCUT2D eigenvalue weighted by atomic mass is 16.5. The first-order chi connectivity index (χ1) is 9.10. The van der Waals surface area contributed by atoms with Gasteiger partial charge in [0.2, 0.25) is 0 Å². The van der Waals surface area contributed by atoms with Gasteiger partial charge in [0, 0.05) is 12.0 Å². The molecule has 2 heterocycles. The maximum absolute atomic E-state index is 11.4. The van der Waals surface area contributed by atoms with Crippen LogP contribution in [0.2, 0.25) is 0 Å². The summed E-state index contributed by atoms with van der Waals surface area (Å²) in [4.78, 5) is 11.4. The van der Waals surface area contributed by atoms with E-state index in [0.717, 1.165) is 16.8 Å². The van der Waals surface area contributed by atoms with Crippen LogP contribution in [0, 0.1) is 0 Å². The molecule has 1 amide bonds. The Kier molecular flexibility index (Phi) is 2.64. The molecule has 0 saturated carbocycles. The summed E-state index contributed by atoms with van der Waals surface area (Å²) < 4.78 is 5.95. The summed E-state index contributed by atoms with van der Waals surface area (Å²) >= 11 is 0. The minimum absolute atomic E-state index is 0.320. The molecule has 1 aliphatic heterocycles. The lowest BCUT2D eigenvalue weighted by Crippen LogP contribution is -2.33. The summed E-state index contributed by atoms with van der Waals surface area (Å²) in [5.41, 5.74) is 7.99. The van der Waals surface area contributed by atoms with E-state index in [-0.39, 0.29) is 0 Å². The van der Waals surface area contributed by atoms with Crippen LogP contribution in [0.25, 0.3) is 0 Å². The van der Waals surface area contributed by atoms with Crippen LogP contribution in [0.4, 0.5) is 0 Å². The first kappa shape index (κ1) is 11.9. The van der Waals surface area contributed by atoms with Crippen molar-refractivity contribution in [1.29, 1.82) is 0 Å². The number of hydrogen-bond donors (Lipinski definition) is 2. The molecule has 0 aliphatic carbocycles. The Hall–Kier alpha value is -2.14. The van der Waals surface area contributed by atoms with Crippen LogP contribution < -0.4 is 5.73 Å². The molecule has 2 aromatic rings. The predicted octanol–water partition coefficient (Wildman–Crippen LogP) is 1.50. The maximum Gasteiger partial charge on any atom is 0.269 e. The van der Waals surface area contributed by atoms with Gasteiger partial charge in [0.15, 0.2) is 5.69 Å². The zero-order valence-corrected chi connectivity index (χ0v) is 10.6. The first-order valence-electron chi connectivity index (χ1n) is 6.15. The molecule has 1 aliphatic rings. The Labute approximate surface area is 110 Å². The van der Waals surface area contributed by atoms with E-state index in [2.05, 4.69) is 10.2 Å². The molecule has 0 fully saturated rings. The molecule has 0 saturated heterocycles. The number of ether oxygens (including phenoxy) is 1. The second-order valence-corrected chi connectivity index (χ2v) is 4.96. The smallest absolute Gasteiger partial charge is 0.269 e. The molecule has 0 radical (unpaired) electrons. The molecule has 5 heteroatoms. The predicted molar refractivity (Wildman–Crippen MR) is 69.4 cm³/mol. The van der Waals surface area contributed by atoms with Crippen LogP contribution in [0.5, 0.6) is 0 Å². The van der Waals surface area contributed by atoms with Crippen LogP contribution in [0.15, 0.2) is 30.3 Å². The lowest BCUT2D eigenvalue weighted by Gasteiger charge is -2.34. The van der Waals surface area contributed by atoms with Gasteiger partial charge in [-0.2, -0.15) is 5.10 Å². The van der Waals surface area contributed by atoms with E-state index >= 15 is 0 Å². The Morgan fingerprint density at radius 2 is 2.16 bits per heavy atom. The monoisotopic (exact) mass is 257 g/mol. The fourth-order valence-corrected chi connectivity index (χ4v) is 2.51. The second-order valence-electron chi connectivity index (χ2n) is 4.96. The summed E-state index contributed by atoms with van der Waals surface area (Å²) in [5, 5.41) is 6.80. The average Bonchev–Trinajstić information content (AvgIpc) is 2.82. The minimum atomic E-state index is -0.505. The molecule has 5 nitrogen and oxygen atoms in total. The summed E-state index contributed by atoms with van der Waals surface area (Å²) in [6, 6.07) is 9.96. The van der Waals surface area contributed by atoms with Crippen LogP contribution in [0.3, 0.4) is 0 Å². The number of nitrogens with one attached hydrogen (secondary N) is 1. The van der Waals surface area contributed by atoms with Crippen molar-refractivity contribution in [3.63, 3.8) is 0 Å². The molecule has 1 atom stereocenters. The molecule has 0 bridgehead atoms. The molecule has 3 N–H and O–H groups in total. The molecule has 1 aromatic heterocycles. The largest absolute Gasteiger partial charge is 0.364 e. The van der Waals surface area contributed by atoms with Gasteiger partial charge in [0.05, 0.1) is 17.9 Å². The van der Waals surface area contributed by atoms with Gasteiger partial charge in [0.25, 0.3) is 5.91 Å². The second kappa shape index (κ2) is 4.20. The number of primary amides is 1. The van der Waals surface area contributed by atoms with Gasteiger partial charge >= 0.3 is 0 Å². The fourth-order valence-electron chi connectivity index (χ4n) is 2.51. The van der Waals surface area contributed by atoms with Crippen molar-refractivity contribution in [2.24, 2.45) is 5.73 Å². The Balaban J connectivity index is 2.01. The van der Waals surface area contributed by atoms with Crippen molar-refractivity contribution in [2.75, 3.05) is 0 Å². The first-order valence-corrected chi connectivity index (χ1v) is 6.15. The van der Waals surface area contributed by atoms with Gasteiger partial charge in [-0.15, -0.1) is 0 Å². The molecule has 98 valence electrons. The summed E-state index contributed by atoms with van der Waals surface area (Å²) in [7, 11) is 0. The summed E-state index contributed by atoms with van der Waals surface area (Å²) in [5.74, 6) is -0.505. The highest BCUT2D eigenvalue weighted by Crippen LogP contribution is 2.36. The van der Waals surface area contributed by atoms with Crippen molar-refractivity contribution in [3.05, 3.63) is 52.8 Å². The third-order valence-electron chi connectivity index (χ3n) is 3.62. The summed E-state index contributed by atoms with van der Waals surface area (Å²) in [6.45, 7) is 2.42. The number of benzene rings is 1. The molecular formula is C14H15N3O2. The van der Waals surface area contributed by atoms with Crippen molar-refractivity contribution in [2.45, 2.75) is 25.6 Å². The van der Waals surface area contributed by atoms with Gasteiger partial charge < -0.3 is 10.5 Å². The Morgan fingerprint density at radius 3 is 2.84 bits per heavy atom. The minimum Gasteiger partial charge on any atom is -0.364 e. The number of rotatable bonds is 2.